The summed E-state index contributed by atoms with van der Waals surface area (Å²) in [7, 11) is 0. The maximum Gasteiger partial charge on any atom is 0.198 e. The standard InChI is InChI=1S/C66H72O4/c1-61(2,3)39-33-49(63(7,8)9)55(50(34-39)64(10,11)12)47-31-37(53-57(67)43-23-19-20-24-44(43)58(53)68)27-29-41(47)42-30-28-38(54-59(69)45-25-21-22-26-46(45)60(54)70)32-48(42)56-51(65(13,14)15)35-40(62(4,5)6)36-52(56)66(16,17)18/h19-36H,1-18H3/b42-41+. The summed E-state index contributed by atoms with van der Waals surface area (Å²) in [6, 6.07) is 35.9. The van der Waals surface area contributed by atoms with Crippen LogP contribution in [0.15, 0.2) is 109 Å². The maximum absolute atomic E-state index is 14.4. The first kappa shape index (κ1) is 50.1. The van der Waals surface area contributed by atoms with E-state index in [9.17, 15) is 19.2 Å². The van der Waals surface area contributed by atoms with Crippen molar-refractivity contribution in [3.8, 4) is 22.3 Å². The van der Waals surface area contributed by atoms with Crippen molar-refractivity contribution in [3.05, 3.63) is 186 Å². The van der Waals surface area contributed by atoms with E-state index in [-0.39, 0.29) is 66.8 Å². The molecule has 0 fully saturated rings. The molecule has 360 valence electrons. The summed E-state index contributed by atoms with van der Waals surface area (Å²) in [5, 5.41) is 2.97. The van der Waals surface area contributed by atoms with Gasteiger partial charge in [0.05, 0.1) is 11.1 Å². The second-order valence-electron chi connectivity index (χ2n) is 26.1. The van der Waals surface area contributed by atoms with E-state index in [1.54, 1.807) is 24.3 Å². The molecule has 4 heteroatoms. The lowest BCUT2D eigenvalue weighted by Gasteiger charge is -2.34. The second-order valence-corrected chi connectivity index (χ2v) is 26.1. The van der Waals surface area contributed by atoms with Crippen LogP contribution >= 0.6 is 0 Å². The lowest BCUT2D eigenvalue weighted by Crippen LogP contribution is -2.24. The normalized spacial score (nSPS) is 15.3. The monoisotopic (exact) mass is 929 g/mol. The number of hydrogen-bond acceptors (Lipinski definition) is 4. The molecule has 2 aliphatic rings. The van der Waals surface area contributed by atoms with Gasteiger partial charge in [0.15, 0.2) is 23.1 Å². The van der Waals surface area contributed by atoms with E-state index >= 15 is 0 Å². The topological polar surface area (TPSA) is 68.3 Å². The van der Waals surface area contributed by atoms with E-state index in [2.05, 4.69) is 173 Å². The number of carbonyl (C=O) groups is 4. The fraction of sp³-hybridized carbons (Fsp3) is 0.364. The van der Waals surface area contributed by atoms with Gasteiger partial charge in [-0.2, -0.15) is 0 Å². The quantitative estimate of drug-likeness (QED) is 0.173. The van der Waals surface area contributed by atoms with Crippen molar-refractivity contribution in [3.63, 3.8) is 0 Å². The first-order chi connectivity index (χ1) is 32.2. The van der Waals surface area contributed by atoms with Gasteiger partial charge in [0.1, 0.15) is 0 Å². The lowest BCUT2D eigenvalue weighted by molar-refractivity contribution is 0.101. The van der Waals surface area contributed by atoms with Gasteiger partial charge in [-0.25, -0.2) is 0 Å². The minimum Gasteiger partial charge on any atom is -0.288 e. The van der Waals surface area contributed by atoms with Crippen LogP contribution in [0, 0.1) is 10.4 Å². The van der Waals surface area contributed by atoms with E-state index < -0.39 is 0 Å². The smallest absolute Gasteiger partial charge is 0.198 e. The van der Waals surface area contributed by atoms with E-state index in [1.165, 1.54) is 11.1 Å². The number of fused-ring (bicyclic) bond motifs is 2. The van der Waals surface area contributed by atoms with Gasteiger partial charge in [-0.05, 0) is 121 Å². The van der Waals surface area contributed by atoms with Crippen molar-refractivity contribution < 1.29 is 19.2 Å². The largest absolute Gasteiger partial charge is 0.288 e. The maximum atomic E-state index is 14.4. The fourth-order valence-electron chi connectivity index (χ4n) is 10.4. The zero-order valence-corrected chi connectivity index (χ0v) is 45.0. The summed E-state index contributed by atoms with van der Waals surface area (Å²) < 4.78 is 0. The molecule has 6 aromatic carbocycles. The van der Waals surface area contributed by atoms with Gasteiger partial charge in [-0.3, -0.25) is 19.2 Å². The first-order valence-corrected chi connectivity index (χ1v) is 25.0. The zero-order chi connectivity index (χ0) is 51.6. The number of ketones is 4. The number of carbonyl (C=O) groups excluding carboxylic acids is 4. The summed E-state index contributed by atoms with van der Waals surface area (Å²) in [6.45, 7) is 40.7. The van der Waals surface area contributed by atoms with Crippen LogP contribution in [0.4, 0.5) is 0 Å². The summed E-state index contributed by atoms with van der Waals surface area (Å²) in [6.07, 6.45) is 0. The Balaban J connectivity index is 1.71. The van der Waals surface area contributed by atoms with Crippen LogP contribution in [0.3, 0.4) is 0 Å². The third kappa shape index (κ3) is 8.71. The Morgan fingerprint density at radius 1 is 0.271 bits per heavy atom. The highest BCUT2D eigenvalue weighted by atomic mass is 16.2. The predicted molar refractivity (Wildman–Crippen MR) is 290 cm³/mol. The van der Waals surface area contributed by atoms with E-state index in [4.69, 9.17) is 0 Å². The van der Waals surface area contributed by atoms with Gasteiger partial charge in [0.25, 0.3) is 0 Å². The molecule has 4 nitrogen and oxygen atoms in total. The van der Waals surface area contributed by atoms with Gasteiger partial charge in [-0.1, -0.05) is 222 Å². The predicted octanol–water partition coefficient (Wildman–Crippen LogP) is 14.6. The van der Waals surface area contributed by atoms with Crippen LogP contribution in [0.25, 0.3) is 33.4 Å². The molecule has 0 radical (unpaired) electrons. The Bertz CT molecular complexity index is 3100. The molecule has 0 amide bonds. The second kappa shape index (κ2) is 16.7. The molecule has 0 bridgehead atoms. The number of rotatable bonds is 2. The van der Waals surface area contributed by atoms with Crippen molar-refractivity contribution in [1.29, 1.82) is 0 Å². The summed E-state index contributed by atoms with van der Waals surface area (Å²) >= 11 is 0. The minimum absolute atomic E-state index is 0.158. The lowest BCUT2D eigenvalue weighted by atomic mass is 9.70. The van der Waals surface area contributed by atoms with Gasteiger partial charge >= 0.3 is 0 Å². The van der Waals surface area contributed by atoms with E-state index in [1.807, 2.05) is 36.4 Å². The molecular formula is C66H72O4. The molecule has 0 unspecified atom stereocenters. The molecule has 8 rings (SSSR count). The van der Waals surface area contributed by atoms with E-state index in [0.29, 0.717) is 32.7 Å². The molecule has 6 aromatic rings. The summed E-state index contributed by atoms with van der Waals surface area (Å²) in [4.78, 5) is 57.6. The van der Waals surface area contributed by atoms with Gasteiger partial charge in [-0.15, -0.1) is 0 Å². The Morgan fingerprint density at radius 2 is 0.514 bits per heavy atom. The molecule has 0 aromatic heterocycles. The third-order valence-corrected chi connectivity index (χ3v) is 14.4. The number of hydrogen-bond donors (Lipinski definition) is 0. The van der Waals surface area contributed by atoms with Crippen molar-refractivity contribution in [2.75, 3.05) is 0 Å². The Labute approximate surface area is 416 Å². The van der Waals surface area contributed by atoms with Crippen molar-refractivity contribution in [2.24, 2.45) is 0 Å². The zero-order valence-electron chi connectivity index (χ0n) is 45.0. The highest BCUT2D eigenvalue weighted by Crippen LogP contribution is 2.47. The molecule has 0 aliphatic heterocycles. The molecule has 0 heterocycles. The number of Topliss-reactive ketones (excluding diaryl/α,β-unsaturated/α-hetero) is 4. The van der Waals surface area contributed by atoms with Crippen LogP contribution < -0.4 is 10.4 Å². The SMILES string of the molecule is CC(C)(C)c1cc(C(C)(C)C)c(-c2cc(=C3C(=O)c4ccccc4C3=O)cc/c2=c2/ccc(=C3C(=O)c4ccccc4C3=O)cc2-c2c(C(C)(C)C)cc(C(C)(C)C)cc2C(C)(C)C)c(C(C)(C)C)c1. The van der Waals surface area contributed by atoms with Crippen molar-refractivity contribution >= 4 is 34.3 Å². The molecule has 0 atom stereocenters. The molecule has 2 aliphatic carbocycles. The molecule has 0 spiro atoms. The molecule has 0 saturated carbocycles. The Hall–Kier alpha value is -6.26. The van der Waals surface area contributed by atoms with Crippen LogP contribution in [0.5, 0.6) is 0 Å². The van der Waals surface area contributed by atoms with Gasteiger partial charge in [0, 0.05) is 22.3 Å². The van der Waals surface area contributed by atoms with Crippen LogP contribution in [0.1, 0.15) is 199 Å². The average Bonchev–Trinajstić information content (AvgIpc) is 3.66. The average molecular weight is 929 g/mol. The molecule has 0 N–H and O–H groups in total. The molecular weight excluding hydrogens is 857 g/mol. The summed E-state index contributed by atoms with van der Waals surface area (Å²) in [5.74, 6) is -1.09. The molecule has 70 heavy (non-hydrogen) atoms. The summed E-state index contributed by atoms with van der Waals surface area (Å²) in [5.41, 5.74) is 11.4. The van der Waals surface area contributed by atoms with Crippen LogP contribution in [-0.2, 0) is 32.5 Å². The van der Waals surface area contributed by atoms with Gasteiger partial charge < -0.3 is 0 Å². The van der Waals surface area contributed by atoms with E-state index in [0.717, 1.165) is 54.9 Å². The highest BCUT2D eigenvalue weighted by molar-refractivity contribution is 6.56. The Kier molecular flexibility index (Phi) is 11.9. The van der Waals surface area contributed by atoms with Crippen molar-refractivity contribution in [1.82, 2.24) is 0 Å². The van der Waals surface area contributed by atoms with Crippen molar-refractivity contribution in [2.45, 2.75) is 157 Å². The van der Waals surface area contributed by atoms with Gasteiger partial charge in [0.2, 0.25) is 0 Å². The highest BCUT2D eigenvalue weighted by Gasteiger charge is 2.37. The minimum atomic E-state index is -0.338. The Morgan fingerprint density at radius 3 is 0.729 bits per heavy atom. The first-order valence-electron chi connectivity index (χ1n) is 25.0. The third-order valence-electron chi connectivity index (χ3n) is 14.4. The van der Waals surface area contributed by atoms with Crippen LogP contribution in [-0.4, -0.2) is 23.1 Å². The fourth-order valence-corrected chi connectivity index (χ4v) is 10.4. The van der Waals surface area contributed by atoms with Crippen LogP contribution in [0.2, 0.25) is 0 Å². The number of benzene rings is 6. The molecule has 0 saturated heterocycles.